The van der Waals surface area contributed by atoms with E-state index in [1.807, 2.05) is 6.07 Å². The maximum Gasteiger partial charge on any atom is 0.313 e. The fourth-order valence-corrected chi connectivity index (χ4v) is 2.88. The van der Waals surface area contributed by atoms with Crippen molar-refractivity contribution in [2.75, 3.05) is 23.7 Å². The number of aromatic nitrogens is 1. The number of hydrogen-bond donors (Lipinski definition) is 1. The highest BCUT2D eigenvalue weighted by Crippen LogP contribution is 2.30. The van der Waals surface area contributed by atoms with Crippen molar-refractivity contribution < 1.29 is 9.90 Å². The summed E-state index contributed by atoms with van der Waals surface area (Å²) in [5.74, 6) is 0.498. The molecule has 1 N–H and O–H groups in total. The van der Waals surface area contributed by atoms with Gasteiger partial charge in [0, 0.05) is 19.1 Å². The van der Waals surface area contributed by atoms with Crippen LogP contribution in [0.5, 0.6) is 0 Å². The second kappa shape index (κ2) is 6.73. The van der Waals surface area contributed by atoms with E-state index in [9.17, 15) is 4.79 Å². The molecule has 1 rings (SSSR count). The third-order valence-electron chi connectivity index (χ3n) is 2.81. The van der Waals surface area contributed by atoms with Gasteiger partial charge in [0.25, 0.3) is 0 Å². The first-order valence-corrected chi connectivity index (χ1v) is 7.30. The van der Waals surface area contributed by atoms with E-state index in [1.165, 1.54) is 17.6 Å². The van der Waals surface area contributed by atoms with E-state index in [-0.39, 0.29) is 5.75 Å². The molecule has 0 amide bonds. The molecule has 1 aromatic rings. The van der Waals surface area contributed by atoms with Crippen LogP contribution in [0.3, 0.4) is 0 Å². The van der Waals surface area contributed by atoms with E-state index in [4.69, 9.17) is 5.11 Å². The summed E-state index contributed by atoms with van der Waals surface area (Å²) >= 11 is 1.38. The van der Waals surface area contributed by atoms with Crippen molar-refractivity contribution in [1.82, 2.24) is 4.57 Å². The second-order valence-corrected chi connectivity index (χ2v) is 5.34. The van der Waals surface area contributed by atoms with E-state index in [0.717, 1.165) is 18.1 Å². The fraction of sp³-hybridized carbons (Fsp3) is 0.615. The molecule has 1 aromatic heterocycles. The molecule has 0 aliphatic carbocycles. The van der Waals surface area contributed by atoms with Crippen molar-refractivity contribution in [3.8, 4) is 0 Å². The quantitative estimate of drug-likeness (QED) is 0.773. The van der Waals surface area contributed by atoms with Crippen molar-refractivity contribution in [1.29, 1.82) is 0 Å². The number of anilines is 1. The maximum absolute atomic E-state index is 10.7. The van der Waals surface area contributed by atoms with Crippen molar-refractivity contribution in [3.05, 3.63) is 12.1 Å². The summed E-state index contributed by atoms with van der Waals surface area (Å²) in [5, 5.41) is 9.79. The minimum absolute atomic E-state index is 0.106. The Morgan fingerprint density at radius 2 is 2.00 bits per heavy atom. The third-order valence-corrected chi connectivity index (χ3v) is 3.83. The highest BCUT2D eigenvalue weighted by Gasteiger charge is 2.15. The predicted molar refractivity (Wildman–Crippen MR) is 76.7 cm³/mol. The van der Waals surface area contributed by atoms with Crippen molar-refractivity contribution in [2.24, 2.45) is 0 Å². The van der Waals surface area contributed by atoms with Crippen LogP contribution in [0.1, 0.15) is 33.7 Å². The Kier molecular flexibility index (Phi) is 5.59. The summed E-state index contributed by atoms with van der Waals surface area (Å²) in [7, 11) is 0. The lowest BCUT2D eigenvalue weighted by Crippen LogP contribution is -2.25. The predicted octanol–water partition coefficient (Wildman–Crippen LogP) is 3.09. The van der Waals surface area contributed by atoms with Crippen LogP contribution in [-0.2, 0) is 4.79 Å². The van der Waals surface area contributed by atoms with Crippen LogP contribution >= 0.6 is 11.8 Å². The Bertz CT molecular complexity index is 398. The van der Waals surface area contributed by atoms with Gasteiger partial charge < -0.3 is 14.6 Å². The molecule has 5 heteroatoms. The Balaban J connectivity index is 3.02. The van der Waals surface area contributed by atoms with Crippen LogP contribution in [0.2, 0.25) is 0 Å². The molecule has 0 atom stereocenters. The average Bonchev–Trinajstić information content (AvgIpc) is 2.72. The molecule has 0 bridgehead atoms. The number of carbonyl (C=O) groups is 1. The number of aliphatic carboxylic acids is 1. The van der Waals surface area contributed by atoms with E-state index < -0.39 is 5.97 Å². The monoisotopic (exact) mass is 270 g/mol. The van der Waals surface area contributed by atoms with E-state index in [0.29, 0.717) is 6.04 Å². The zero-order chi connectivity index (χ0) is 13.7. The van der Waals surface area contributed by atoms with Crippen LogP contribution < -0.4 is 4.90 Å². The van der Waals surface area contributed by atoms with Crippen LogP contribution in [0.15, 0.2) is 17.2 Å². The van der Waals surface area contributed by atoms with Crippen LogP contribution in [0.25, 0.3) is 0 Å². The molecule has 4 nitrogen and oxygen atoms in total. The Morgan fingerprint density at radius 3 is 2.44 bits per heavy atom. The molecular formula is C13H22N2O2S. The molecular weight excluding hydrogens is 248 g/mol. The zero-order valence-corrected chi connectivity index (χ0v) is 12.3. The lowest BCUT2D eigenvalue weighted by molar-refractivity contribution is -0.133. The van der Waals surface area contributed by atoms with Gasteiger partial charge in [-0.2, -0.15) is 0 Å². The number of carboxylic acid groups (broad SMARTS) is 1. The summed E-state index contributed by atoms with van der Waals surface area (Å²) in [6.45, 7) is 10.4. The Hall–Kier alpha value is -1.10. The van der Waals surface area contributed by atoms with Gasteiger partial charge >= 0.3 is 5.97 Å². The molecule has 0 saturated carbocycles. The third kappa shape index (κ3) is 3.45. The molecule has 0 saturated heterocycles. The first-order valence-electron chi connectivity index (χ1n) is 6.32. The summed E-state index contributed by atoms with van der Waals surface area (Å²) < 4.78 is 2.21. The Morgan fingerprint density at radius 1 is 1.39 bits per heavy atom. The molecule has 0 aliphatic rings. The molecule has 0 radical (unpaired) electrons. The van der Waals surface area contributed by atoms with E-state index >= 15 is 0 Å². The maximum atomic E-state index is 10.7. The van der Waals surface area contributed by atoms with Crippen LogP contribution in [-0.4, -0.2) is 34.5 Å². The summed E-state index contributed by atoms with van der Waals surface area (Å²) in [4.78, 5) is 12.9. The minimum Gasteiger partial charge on any atom is -0.481 e. The lowest BCUT2D eigenvalue weighted by Gasteiger charge is -2.26. The lowest BCUT2D eigenvalue weighted by atomic mass is 10.4. The summed E-state index contributed by atoms with van der Waals surface area (Å²) in [6.07, 6.45) is 0. The highest BCUT2D eigenvalue weighted by molar-refractivity contribution is 7.99. The van der Waals surface area contributed by atoms with Crippen molar-refractivity contribution >= 4 is 23.5 Å². The summed E-state index contributed by atoms with van der Waals surface area (Å²) in [5.41, 5.74) is 0. The van der Waals surface area contributed by atoms with Crippen LogP contribution in [0, 0.1) is 0 Å². The molecule has 0 aliphatic heterocycles. The normalized spacial score (nSPS) is 10.9. The molecule has 0 fully saturated rings. The van der Waals surface area contributed by atoms with Gasteiger partial charge in [-0.05, 0) is 39.8 Å². The largest absolute Gasteiger partial charge is 0.481 e. The fourth-order valence-electron chi connectivity index (χ4n) is 2.00. The standard InChI is InChI=1S/C13H22N2O2S/c1-5-14(6-2)11-7-8-12(15(11)10(3)4)18-9-13(16)17/h7-8,10H,5-6,9H2,1-4H3,(H,16,17). The van der Waals surface area contributed by atoms with Gasteiger partial charge in [0.1, 0.15) is 5.82 Å². The summed E-state index contributed by atoms with van der Waals surface area (Å²) in [6, 6.07) is 4.42. The van der Waals surface area contributed by atoms with Crippen LogP contribution in [0.4, 0.5) is 5.82 Å². The number of nitrogens with zero attached hydrogens (tertiary/aromatic N) is 2. The van der Waals surface area contributed by atoms with Gasteiger partial charge in [-0.1, -0.05) is 11.8 Å². The zero-order valence-electron chi connectivity index (χ0n) is 11.5. The molecule has 102 valence electrons. The number of carboxylic acids is 1. The second-order valence-electron chi connectivity index (χ2n) is 4.35. The van der Waals surface area contributed by atoms with Crippen molar-refractivity contribution in [2.45, 2.75) is 38.8 Å². The number of thioether (sulfide) groups is 1. The van der Waals surface area contributed by atoms with Gasteiger partial charge in [0.15, 0.2) is 0 Å². The SMILES string of the molecule is CCN(CC)c1ccc(SCC(=O)O)n1C(C)C. The number of hydrogen-bond acceptors (Lipinski definition) is 3. The molecule has 0 unspecified atom stereocenters. The smallest absolute Gasteiger partial charge is 0.313 e. The first-order chi connectivity index (χ1) is 8.51. The Labute approximate surface area is 113 Å². The van der Waals surface area contributed by atoms with Gasteiger partial charge in [-0.25, -0.2) is 0 Å². The van der Waals surface area contributed by atoms with E-state index in [1.54, 1.807) is 0 Å². The average molecular weight is 270 g/mol. The first kappa shape index (κ1) is 15.0. The van der Waals surface area contributed by atoms with Gasteiger partial charge in [-0.3, -0.25) is 4.79 Å². The van der Waals surface area contributed by atoms with E-state index in [2.05, 4.69) is 43.2 Å². The topological polar surface area (TPSA) is 45.5 Å². The molecule has 18 heavy (non-hydrogen) atoms. The molecule has 1 heterocycles. The minimum atomic E-state index is -0.777. The van der Waals surface area contributed by atoms with Gasteiger partial charge in [0.2, 0.25) is 0 Å². The van der Waals surface area contributed by atoms with Gasteiger partial charge in [0.05, 0.1) is 10.8 Å². The molecule has 0 aromatic carbocycles. The van der Waals surface area contributed by atoms with Crippen molar-refractivity contribution in [3.63, 3.8) is 0 Å². The van der Waals surface area contributed by atoms with Gasteiger partial charge in [-0.15, -0.1) is 0 Å². The number of rotatable bonds is 7. The highest BCUT2D eigenvalue weighted by atomic mass is 32.2. The molecule has 0 spiro atoms.